The molecule has 4 nitrogen and oxygen atoms in total. The molecule has 0 bridgehead atoms. The van der Waals surface area contributed by atoms with Crippen LogP contribution in [0, 0.1) is 11.8 Å². The van der Waals surface area contributed by atoms with E-state index in [9.17, 15) is 9.90 Å². The molecule has 0 aliphatic heterocycles. The van der Waals surface area contributed by atoms with Crippen molar-refractivity contribution >= 4 is 5.97 Å². The molecule has 1 fully saturated rings. The van der Waals surface area contributed by atoms with E-state index in [0.29, 0.717) is 23.8 Å². The zero-order valence-electron chi connectivity index (χ0n) is 12.1. The van der Waals surface area contributed by atoms with Gasteiger partial charge in [-0.15, -0.1) is 0 Å². The van der Waals surface area contributed by atoms with Crippen molar-refractivity contribution in [3.63, 3.8) is 0 Å². The standard InChI is InChI=1S/C16H22O4/c1-19-14-8-7-11(10-15(14)20-2)9-13(16(17)18)12-5-3-4-6-12/h7-8,10,12-13H,3-6,9H2,1-2H3,(H,17,18). The summed E-state index contributed by atoms with van der Waals surface area (Å²) < 4.78 is 10.5. The van der Waals surface area contributed by atoms with Gasteiger partial charge in [-0.2, -0.15) is 0 Å². The molecule has 0 amide bonds. The highest BCUT2D eigenvalue weighted by Crippen LogP contribution is 2.35. The first-order chi connectivity index (χ1) is 9.65. The lowest BCUT2D eigenvalue weighted by Crippen LogP contribution is -2.24. The molecular weight excluding hydrogens is 256 g/mol. The van der Waals surface area contributed by atoms with Crippen molar-refractivity contribution in [2.75, 3.05) is 14.2 Å². The van der Waals surface area contributed by atoms with Gasteiger partial charge in [0.25, 0.3) is 0 Å². The first kappa shape index (κ1) is 14.7. The van der Waals surface area contributed by atoms with Gasteiger partial charge in [0.2, 0.25) is 0 Å². The monoisotopic (exact) mass is 278 g/mol. The molecule has 2 rings (SSSR count). The number of methoxy groups -OCH3 is 2. The normalized spacial score (nSPS) is 16.9. The van der Waals surface area contributed by atoms with Crippen molar-refractivity contribution in [1.29, 1.82) is 0 Å². The highest BCUT2D eigenvalue weighted by molar-refractivity contribution is 5.71. The van der Waals surface area contributed by atoms with Crippen molar-refractivity contribution in [3.05, 3.63) is 23.8 Å². The van der Waals surface area contributed by atoms with Gasteiger partial charge in [-0.3, -0.25) is 4.79 Å². The minimum absolute atomic E-state index is 0.296. The van der Waals surface area contributed by atoms with Crippen LogP contribution < -0.4 is 9.47 Å². The number of hydrogen-bond donors (Lipinski definition) is 1. The van der Waals surface area contributed by atoms with Gasteiger partial charge in [0.1, 0.15) is 0 Å². The number of ether oxygens (including phenoxy) is 2. The summed E-state index contributed by atoms with van der Waals surface area (Å²) in [4.78, 5) is 11.5. The highest BCUT2D eigenvalue weighted by Gasteiger charge is 2.30. The Hall–Kier alpha value is -1.71. The Morgan fingerprint density at radius 3 is 2.45 bits per heavy atom. The maximum Gasteiger partial charge on any atom is 0.307 e. The topological polar surface area (TPSA) is 55.8 Å². The van der Waals surface area contributed by atoms with Gasteiger partial charge >= 0.3 is 5.97 Å². The predicted molar refractivity (Wildman–Crippen MR) is 76.3 cm³/mol. The molecule has 1 atom stereocenters. The second-order valence-electron chi connectivity index (χ2n) is 5.38. The lowest BCUT2D eigenvalue weighted by atomic mass is 9.85. The molecule has 1 saturated carbocycles. The van der Waals surface area contributed by atoms with Crippen molar-refractivity contribution in [3.8, 4) is 11.5 Å². The Labute approximate surface area is 119 Å². The molecule has 0 heterocycles. The summed E-state index contributed by atoms with van der Waals surface area (Å²) in [7, 11) is 3.18. The van der Waals surface area contributed by atoms with E-state index in [-0.39, 0.29) is 5.92 Å². The molecule has 1 aromatic rings. The number of carboxylic acids is 1. The lowest BCUT2D eigenvalue weighted by molar-refractivity contribution is -0.143. The van der Waals surface area contributed by atoms with Gasteiger partial charge in [-0.05, 0) is 42.9 Å². The number of aliphatic carboxylic acids is 1. The molecule has 0 aromatic heterocycles. The third-order valence-electron chi connectivity index (χ3n) is 4.19. The van der Waals surface area contributed by atoms with E-state index in [1.807, 2.05) is 18.2 Å². The molecule has 110 valence electrons. The zero-order valence-corrected chi connectivity index (χ0v) is 12.1. The van der Waals surface area contributed by atoms with Crippen LogP contribution in [-0.4, -0.2) is 25.3 Å². The minimum atomic E-state index is -0.688. The maximum atomic E-state index is 11.5. The fraction of sp³-hybridized carbons (Fsp3) is 0.562. The van der Waals surface area contributed by atoms with Gasteiger partial charge in [0.15, 0.2) is 11.5 Å². The Balaban J connectivity index is 2.15. The molecule has 1 aliphatic rings. The SMILES string of the molecule is COc1ccc(CC(C(=O)O)C2CCCC2)cc1OC. The van der Waals surface area contributed by atoms with E-state index >= 15 is 0 Å². The van der Waals surface area contributed by atoms with Gasteiger partial charge in [0.05, 0.1) is 20.1 Å². The van der Waals surface area contributed by atoms with Gasteiger partial charge in [-0.25, -0.2) is 0 Å². The van der Waals surface area contributed by atoms with Crippen LogP contribution in [-0.2, 0) is 11.2 Å². The van der Waals surface area contributed by atoms with Gasteiger partial charge < -0.3 is 14.6 Å². The smallest absolute Gasteiger partial charge is 0.307 e. The molecule has 0 radical (unpaired) electrons. The van der Waals surface area contributed by atoms with Crippen LogP contribution in [0.15, 0.2) is 18.2 Å². The second-order valence-corrected chi connectivity index (χ2v) is 5.38. The fourth-order valence-electron chi connectivity index (χ4n) is 3.08. The van der Waals surface area contributed by atoms with E-state index in [1.165, 1.54) is 0 Å². The summed E-state index contributed by atoms with van der Waals surface area (Å²) in [6.07, 6.45) is 4.93. The summed E-state index contributed by atoms with van der Waals surface area (Å²) in [6.45, 7) is 0. The Bertz CT molecular complexity index is 464. The number of rotatable bonds is 6. The Morgan fingerprint density at radius 2 is 1.90 bits per heavy atom. The van der Waals surface area contributed by atoms with E-state index in [4.69, 9.17) is 9.47 Å². The largest absolute Gasteiger partial charge is 0.493 e. The van der Waals surface area contributed by atoms with Crippen molar-refractivity contribution in [2.24, 2.45) is 11.8 Å². The molecule has 1 unspecified atom stereocenters. The summed E-state index contributed by atoms with van der Waals surface area (Å²) in [6, 6.07) is 5.64. The van der Waals surface area contributed by atoms with E-state index in [0.717, 1.165) is 31.2 Å². The van der Waals surface area contributed by atoms with Crippen LogP contribution >= 0.6 is 0 Å². The molecule has 0 spiro atoms. The van der Waals surface area contributed by atoms with Crippen LogP contribution in [0.5, 0.6) is 11.5 Å². The molecule has 0 saturated heterocycles. The Morgan fingerprint density at radius 1 is 1.25 bits per heavy atom. The van der Waals surface area contributed by atoms with Crippen LogP contribution in [0.1, 0.15) is 31.2 Å². The molecule has 1 aliphatic carbocycles. The maximum absolute atomic E-state index is 11.5. The average molecular weight is 278 g/mol. The zero-order chi connectivity index (χ0) is 14.5. The van der Waals surface area contributed by atoms with E-state index in [1.54, 1.807) is 14.2 Å². The summed E-state index contributed by atoms with van der Waals surface area (Å²) >= 11 is 0. The number of carboxylic acid groups (broad SMARTS) is 1. The molecule has 1 N–H and O–H groups in total. The Kier molecular flexibility index (Phi) is 4.88. The average Bonchev–Trinajstić information content (AvgIpc) is 2.97. The van der Waals surface area contributed by atoms with Crippen LogP contribution in [0.2, 0.25) is 0 Å². The fourth-order valence-corrected chi connectivity index (χ4v) is 3.08. The third-order valence-corrected chi connectivity index (χ3v) is 4.19. The summed E-state index contributed by atoms with van der Waals surface area (Å²) in [5.41, 5.74) is 0.988. The third kappa shape index (κ3) is 3.24. The molecular formula is C16H22O4. The van der Waals surface area contributed by atoms with Crippen molar-refractivity contribution < 1.29 is 19.4 Å². The minimum Gasteiger partial charge on any atom is -0.493 e. The van der Waals surface area contributed by atoms with Gasteiger partial charge in [0, 0.05) is 0 Å². The summed E-state index contributed by atoms with van der Waals surface area (Å²) in [5.74, 6) is 0.646. The van der Waals surface area contributed by atoms with Crippen LogP contribution in [0.3, 0.4) is 0 Å². The molecule has 1 aromatic carbocycles. The predicted octanol–water partition coefficient (Wildman–Crippen LogP) is 3.14. The highest BCUT2D eigenvalue weighted by atomic mass is 16.5. The molecule has 20 heavy (non-hydrogen) atoms. The number of hydrogen-bond acceptors (Lipinski definition) is 3. The second kappa shape index (κ2) is 6.64. The van der Waals surface area contributed by atoms with Crippen LogP contribution in [0.4, 0.5) is 0 Å². The first-order valence-corrected chi connectivity index (χ1v) is 7.09. The summed E-state index contributed by atoms with van der Waals surface area (Å²) in [5, 5.41) is 9.47. The van der Waals surface area contributed by atoms with Crippen LogP contribution in [0.25, 0.3) is 0 Å². The van der Waals surface area contributed by atoms with E-state index < -0.39 is 5.97 Å². The lowest BCUT2D eigenvalue weighted by Gasteiger charge is -2.19. The van der Waals surface area contributed by atoms with E-state index in [2.05, 4.69) is 0 Å². The van der Waals surface area contributed by atoms with Crippen molar-refractivity contribution in [2.45, 2.75) is 32.1 Å². The van der Waals surface area contributed by atoms with Crippen molar-refractivity contribution in [1.82, 2.24) is 0 Å². The molecule has 4 heteroatoms. The quantitative estimate of drug-likeness (QED) is 0.868. The first-order valence-electron chi connectivity index (χ1n) is 7.09. The number of carbonyl (C=O) groups is 1. The number of benzene rings is 1. The van der Waals surface area contributed by atoms with Gasteiger partial charge in [-0.1, -0.05) is 18.9 Å².